The van der Waals surface area contributed by atoms with Crippen molar-refractivity contribution in [1.29, 1.82) is 0 Å². The van der Waals surface area contributed by atoms with Crippen molar-refractivity contribution in [2.75, 3.05) is 13.1 Å². The first-order valence-electron chi connectivity index (χ1n) is 6.39. The molecule has 2 N–H and O–H groups in total. The highest BCUT2D eigenvalue weighted by atomic mass is 16.2. The van der Waals surface area contributed by atoms with Gasteiger partial charge in [-0.1, -0.05) is 0 Å². The molecule has 1 aromatic rings. The normalized spacial score (nSPS) is 20.6. The molecule has 1 unspecified atom stereocenters. The first kappa shape index (κ1) is 12.8. The second-order valence-electron chi connectivity index (χ2n) is 4.63. The fourth-order valence-corrected chi connectivity index (χ4v) is 2.34. The van der Waals surface area contributed by atoms with Crippen LogP contribution in [0.3, 0.4) is 0 Å². The summed E-state index contributed by atoms with van der Waals surface area (Å²) in [5, 5.41) is 4.06. The van der Waals surface area contributed by atoms with Gasteiger partial charge in [0.2, 0.25) is 5.91 Å². The molecule has 0 radical (unpaired) electrons. The van der Waals surface area contributed by atoms with Crippen LogP contribution in [0.25, 0.3) is 6.08 Å². The number of nitrogens with zero attached hydrogens (tertiary/aromatic N) is 3. The SMILES string of the molecule is Cn1nccc1C=CC(=O)N1CCCCC1CN. The van der Waals surface area contributed by atoms with E-state index in [1.54, 1.807) is 23.0 Å². The smallest absolute Gasteiger partial charge is 0.246 e. The minimum absolute atomic E-state index is 0.0475. The predicted molar refractivity (Wildman–Crippen MR) is 70.6 cm³/mol. The summed E-state index contributed by atoms with van der Waals surface area (Å²) in [6.07, 6.45) is 8.39. The van der Waals surface area contributed by atoms with Crippen LogP contribution in [0.5, 0.6) is 0 Å². The van der Waals surface area contributed by atoms with Crippen LogP contribution in [-0.4, -0.2) is 39.7 Å². The quantitative estimate of drug-likeness (QED) is 0.804. The Balaban J connectivity index is 2.02. The van der Waals surface area contributed by atoms with E-state index in [1.807, 2.05) is 18.0 Å². The number of likely N-dealkylation sites (tertiary alicyclic amines) is 1. The highest BCUT2D eigenvalue weighted by molar-refractivity contribution is 5.91. The summed E-state index contributed by atoms with van der Waals surface area (Å²) in [6, 6.07) is 2.07. The van der Waals surface area contributed by atoms with Gasteiger partial charge >= 0.3 is 0 Å². The maximum Gasteiger partial charge on any atom is 0.246 e. The number of carbonyl (C=O) groups is 1. The Morgan fingerprint density at radius 1 is 1.61 bits per heavy atom. The van der Waals surface area contributed by atoms with Crippen molar-refractivity contribution in [3.63, 3.8) is 0 Å². The lowest BCUT2D eigenvalue weighted by atomic mass is 10.0. The van der Waals surface area contributed by atoms with Gasteiger partial charge in [-0.25, -0.2) is 0 Å². The predicted octanol–water partition coefficient (Wildman–Crippen LogP) is 0.773. The van der Waals surface area contributed by atoms with Crippen molar-refractivity contribution in [3.8, 4) is 0 Å². The van der Waals surface area contributed by atoms with E-state index in [1.165, 1.54) is 0 Å². The fourth-order valence-electron chi connectivity index (χ4n) is 2.34. The van der Waals surface area contributed by atoms with E-state index in [4.69, 9.17) is 5.73 Å². The lowest BCUT2D eigenvalue weighted by Crippen LogP contribution is -2.46. The van der Waals surface area contributed by atoms with Crippen LogP contribution >= 0.6 is 0 Å². The van der Waals surface area contributed by atoms with Crippen LogP contribution in [0.4, 0.5) is 0 Å². The number of amides is 1. The monoisotopic (exact) mass is 248 g/mol. The van der Waals surface area contributed by atoms with Crippen molar-refractivity contribution in [3.05, 3.63) is 24.0 Å². The number of aromatic nitrogens is 2. The number of hydrogen-bond donors (Lipinski definition) is 1. The Kier molecular flexibility index (Phi) is 4.15. The van der Waals surface area contributed by atoms with Gasteiger partial charge in [0.1, 0.15) is 0 Å². The number of nitrogens with two attached hydrogens (primary N) is 1. The summed E-state index contributed by atoms with van der Waals surface area (Å²) < 4.78 is 1.74. The van der Waals surface area contributed by atoms with Crippen LogP contribution < -0.4 is 5.73 Å². The number of hydrogen-bond acceptors (Lipinski definition) is 3. The number of carbonyl (C=O) groups excluding carboxylic acids is 1. The minimum atomic E-state index is 0.0475. The van der Waals surface area contributed by atoms with E-state index in [0.717, 1.165) is 31.5 Å². The Morgan fingerprint density at radius 2 is 2.44 bits per heavy atom. The van der Waals surface area contributed by atoms with Gasteiger partial charge in [0.05, 0.1) is 5.69 Å². The molecule has 1 amide bonds. The topological polar surface area (TPSA) is 64.2 Å². The van der Waals surface area contributed by atoms with Crippen molar-refractivity contribution >= 4 is 12.0 Å². The molecule has 1 aromatic heterocycles. The molecule has 1 aliphatic heterocycles. The largest absolute Gasteiger partial charge is 0.335 e. The fraction of sp³-hybridized carbons (Fsp3) is 0.538. The van der Waals surface area contributed by atoms with Crippen LogP contribution in [0.15, 0.2) is 18.3 Å². The summed E-state index contributed by atoms with van der Waals surface area (Å²) in [4.78, 5) is 14.0. The second kappa shape index (κ2) is 5.82. The molecule has 0 aromatic carbocycles. The highest BCUT2D eigenvalue weighted by Crippen LogP contribution is 2.16. The second-order valence-corrected chi connectivity index (χ2v) is 4.63. The van der Waals surface area contributed by atoms with Crippen LogP contribution in [0.1, 0.15) is 25.0 Å². The summed E-state index contributed by atoms with van der Waals surface area (Å²) in [5.74, 6) is 0.0475. The van der Waals surface area contributed by atoms with E-state index in [9.17, 15) is 4.79 Å². The molecule has 18 heavy (non-hydrogen) atoms. The molecule has 2 rings (SSSR count). The molecule has 1 saturated heterocycles. The van der Waals surface area contributed by atoms with E-state index in [-0.39, 0.29) is 11.9 Å². The zero-order valence-electron chi connectivity index (χ0n) is 10.7. The van der Waals surface area contributed by atoms with Crippen molar-refractivity contribution < 1.29 is 4.79 Å². The third-order valence-corrected chi connectivity index (χ3v) is 3.44. The number of rotatable bonds is 3. The first-order chi connectivity index (χ1) is 8.72. The van der Waals surface area contributed by atoms with Gasteiger partial charge in [-0.05, 0) is 31.4 Å². The van der Waals surface area contributed by atoms with Gasteiger partial charge in [-0.2, -0.15) is 5.10 Å². The van der Waals surface area contributed by atoms with Gasteiger partial charge < -0.3 is 10.6 Å². The summed E-state index contributed by atoms with van der Waals surface area (Å²) in [6.45, 7) is 1.36. The van der Waals surface area contributed by atoms with Crippen LogP contribution in [0, 0.1) is 0 Å². The molecular formula is C13H20N4O. The molecule has 1 fully saturated rings. The molecule has 98 valence electrons. The average Bonchev–Trinajstić information content (AvgIpc) is 2.81. The van der Waals surface area contributed by atoms with Crippen molar-refractivity contribution in [2.45, 2.75) is 25.3 Å². The third-order valence-electron chi connectivity index (χ3n) is 3.44. The molecule has 2 heterocycles. The van der Waals surface area contributed by atoms with Gasteiger partial charge in [0.15, 0.2) is 0 Å². The summed E-state index contributed by atoms with van der Waals surface area (Å²) in [7, 11) is 1.85. The van der Waals surface area contributed by atoms with Crippen LogP contribution in [-0.2, 0) is 11.8 Å². The van der Waals surface area contributed by atoms with Gasteiger partial charge in [0.25, 0.3) is 0 Å². The van der Waals surface area contributed by atoms with E-state index in [2.05, 4.69) is 5.10 Å². The molecule has 5 nitrogen and oxygen atoms in total. The van der Waals surface area contributed by atoms with Gasteiger partial charge in [-0.15, -0.1) is 0 Å². The Labute approximate surface area is 107 Å². The molecule has 0 bridgehead atoms. The maximum atomic E-state index is 12.1. The average molecular weight is 248 g/mol. The number of aryl methyl sites for hydroxylation is 1. The van der Waals surface area contributed by atoms with E-state index < -0.39 is 0 Å². The molecule has 5 heteroatoms. The summed E-state index contributed by atoms with van der Waals surface area (Å²) in [5.41, 5.74) is 6.64. The Morgan fingerprint density at radius 3 is 3.11 bits per heavy atom. The maximum absolute atomic E-state index is 12.1. The van der Waals surface area contributed by atoms with Gasteiger partial charge in [0, 0.05) is 38.5 Å². The molecule has 0 spiro atoms. The van der Waals surface area contributed by atoms with Gasteiger partial charge in [-0.3, -0.25) is 9.48 Å². The Bertz CT molecular complexity index is 438. The zero-order chi connectivity index (χ0) is 13.0. The molecular weight excluding hydrogens is 228 g/mol. The highest BCUT2D eigenvalue weighted by Gasteiger charge is 2.23. The van der Waals surface area contributed by atoms with Crippen molar-refractivity contribution in [1.82, 2.24) is 14.7 Å². The third kappa shape index (κ3) is 2.79. The minimum Gasteiger partial charge on any atom is -0.335 e. The van der Waals surface area contributed by atoms with E-state index >= 15 is 0 Å². The molecule has 1 aliphatic rings. The van der Waals surface area contributed by atoms with Crippen LogP contribution in [0.2, 0.25) is 0 Å². The molecule has 0 saturated carbocycles. The first-order valence-corrected chi connectivity index (χ1v) is 6.39. The standard InChI is InChI=1S/C13H20N4O/c1-16-11(7-8-15-16)5-6-13(18)17-9-3-2-4-12(17)10-14/h5-8,12H,2-4,9-10,14H2,1H3. The molecule has 0 aliphatic carbocycles. The molecule has 1 atom stereocenters. The van der Waals surface area contributed by atoms with Crippen molar-refractivity contribution in [2.24, 2.45) is 12.8 Å². The zero-order valence-corrected chi connectivity index (χ0v) is 10.7. The lowest BCUT2D eigenvalue weighted by molar-refractivity contribution is -0.129. The Hall–Kier alpha value is -1.62. The number of piperidine rings is 1. The lowest BCUT2D eigenvalue weighted by Gasteiger charge is -2.34. The summed E-state index contributed by atoms with van der Waals surface area (Å²) >= 11 is 0. The van der Waals surface area contributed by atoms with E-state index in [0.29, 0.717) is 6.54 Å².